The van der Waals surface area contributed by atoms with Crippen molar-refractivity contribution in [2.75, 3.05) is 0 Å². The van der Waals surface area contributed by atoms with E-state index >= 15 is 0 Å². The summed E-state index contributed by atoms with van der Waals surface area (Å²) < 4.78 is 19.9. The number of carbonyl (C=O) groups is 2. The van der Waals surface area contributed by atoms with Crippen molar-refractivity contribution in [3.05, 3.63) is 11.6 Å². The van der Waals surface area contributed by atoms with Gasteiger partial charge in [-0.15, -0.1) is 0 Å². The maximum Gasteiger partial charge on any atom is 0.306 e. The Balaban J connectivity index is 1.48. The fourth-order valence-corrected chi connectivity index (χ4v) is 10.2. The molecule has 0 aliphatic heterocycles. The Morgan fingerprint density at radius 3 is 2.04 bits per heavy atom. The fourth-order valence-electron chi connectivity index (χ4n) is 7.60. The molecule has 0 saturated heterocycles. The third-order valence-electron chi connectivity index (χ3n) is 12.7. The Kier molecular flexibility index (Phi) is 13.0. The van der Waals surface area contributed by atoms with Gasteiger partial charge in [0.25, 0.3) is 0 Å². The van der Waals surface area contributed by atoms with Crippen LogP contribution >= 0.6 is 0 Å². The van der Waals surface area contributed by atoms with Gasteiger partial charge >= 0.3 is 5.97 Å². The minimum absolute atomic E-state index is 0.0346. The smallest absolute Gasteiger partial charge is 0.306 e. The molecule has 0 amide bonds. The summed E-state index contributed by atoms with van der Waals surface area (Å²) in [7, 11) is -4.03. The summed E-state index contributed by atoms with van der Waals surface area (Å²) in [6, 6.07) is 0. The standard InChI is InChI=1S/C40H68O5Si2/c1-39(2,3)46(7,8)44-36(29-18-13-11-14-19-29)25-24-33-34-27-31(26-30(34)28-37(33)45-47(9,10)40(4,5)6)35(41)22-17-23-38(42)43-32-20-15-12-16-21-32/h26,29-30,32-34,36-37H,11-23,27-28H2,1-10H3/t30?,33-,34?,36+,37-/m0/s1. The van der Waals surface area contributed by atoms with Crippen LogP contribution in [0.4, 0.5) is 0 Å². The molecule has 5 atom stereocenters. The maximum absolute atomic E-state index is 13.4. The number of ketones is 1. The van der Waals surface area contributed by atoms with E-state index in [9.17, 15) is 9.59 Å². The lowest BCUT2D eigenvalue weighted by molar-refractivity contribution is -0.150. The van der Waals surface area contributed by atoms with Crippen LogP contribution in [0.15, 0.2) is 11.6 Å². The number of esters is 1. The van der Waals surface area contributed by atoms with Crippen LogP contribution in [0.5, 0.6) is 0 Å². The lowest BCUT2D eigenvalue weighted by Crippen LogP contribution is -2.46. The molecule has 3 fully saturated rings. The van der Waals surface area contributed by atoms with Gasteiger partial charge in [-0.2, -0.15) is 0 Å². The molecule has 0 N–H and O–H groups in total. The Bertz CT molecular complexity index is 1170. The van der Waals surface area contributed by atoms with E-state index in [4.69, 9.17) is 13.6 Å². The molecule has 0 aromatic heterocycles. The van der Waals surface area contributed by atoms with Crippen molar-refractivity contribution in [3.8, 4) is 11.8 Å². The van der Waals surface area contributed by atoms with Crippen molar-refractivity contribution in [2.24, 2.45) is 23.7 Å². The molecule has 0 bridgehead atoms. The lowest BCUT2D eigenvalue weighted by Gasteiger charge is -2.41. The van der Waals surface area contributed by atoms with Crippen LogP contribution in [0.3, 0.4) is 0 Å². The zero-order valence-electron chi connectivity index (χ0n) is 31.8. The Labute approximate surface area is 290 Å². The summed E-state index contributed by atoms with van der Waals surface area (Å²) in [4.78, 5) is 25.9. The number of ether oxygens (including phenoxy) is 1. The number of hydrogen-bond acceptors (Lipinski definition) is 5. The van der Waals surface area contributed by atoms with E-state index < -0.39 is 16.6 Å². The second-order valence-corrected chi connectivity index (χ2v) is 27.9. The summed E-state index contributed by atoms with van der Waals surface area (Å²) in [6.07, 6.45) is 17.1. The third kappa shape index (κ3) is 10.2. The molecule has 7 heteroatoms. The molecule has 4 rings (SSSR count). The predicted molar refractivity (Wildman–Crippen MR) is 198 cm³/mol. The van der Waals surface area contributed by atoms with Crippen molar-refractivity contribution >= 4 is 28.4 Å². The zero-order chi connectivity index (χ0) is 34.6. The van der Waals surface area contributed by atoms with Gasteiger partial charge in [-0.05, 0) is 117 Å². The SMILES string of the molecule is CC(C)(C)[Si](C)(C)O[C@H]1CC2C=C(C(=O)CCCC(=O)OC3CCCCC3)CC2[C@@H]1C#C[C@@H](O[Si](C)(C)C(C)(C)C)C1CCCCC1. The highest BCUT2D eigenvalue weighted by molar-refractivity contribution is 6.74. The van der Waals surface area contributed by atoms with E-state index in [1.807, 2.05) is 0 Å². The Morgan fingerprint density at radius 1 is 0.851 bits per heavy atom. The van der Waals surface area contributed by atoms with E-state index in [1.165, 1.54) is 38.5 Å². The van der Waals surface area contributed by atoms with Gasteiger partial charge in [-0.3, -0.25) is 9.59 Å². The molecular formula is C40H68O5Si2. The third-order valence-corrected chi connectivity index (χ3v) is 21.7. The van der Waals surface area contributed by atoms with Gasteiger partial charge < -0.3 is 13.6 Å². The fraction of sp³-hybridized carbons (Fsp3) is 0.850. The van der Waals surface area contributed by atoms with Gasteiger partial charge in [-0.25, -0.2) is 0 Å². The highest BCUT2D eigenvalue weighted by Crippen LogP contribution is 2.50. The normalized spacial score (nSPS) is 27.1. The van der Waals surface area contributed by atoms with Crippen molar-refractivity contribution in [3.63, 3.8) is 0 Å². The van der Waals surface area contributed by atoms with Crippen LogP contribution in [0.2, 0.25) is 36.3 Å². The van der Waals surface area contributed by atoms with Crippen molar-refractivity contribution in [2.45, 2.75) is 192 Å². The molecule has 0 spiro atoms. The zero-order valence-corrected chi connectivity index (χ0v) is 33.8. The number of carbonyl (C=O) groups excluding carboxylic acids is 2. The number of hydrogen-bond donors (Lipinski definition) is 0. The molecule has 3 saturated carbocycles. The second-order valence-electron chi connectivity index (χ2n) is 18.4. The summed E-state index contributed by atoms with van der Waals surface area (Å²) in [5, 5.41) is 0.249. The molecule has 47 heavy (non-hydrogen) atoms. The molecule has 0 aromatic carbocycles. The Morgan fingerprint density at radius 2 is 1.45 bits per heavy atom. The molecule has 5 nitrogen and oxygen atoms in total. The second kappa shape index (κ2) is 15.8. The topological polar surface area (TPSA) is 61.8 Å². The van der Waals surface area contributed by atoms with Crippen molar-refractivity contribution in [1.29, 1.82) is 0 Å². The number of allylic oxidation sites excluding steroid dienone is 2. The average Bonchev–Trinajstić information content (AvgIpc) is 3.52. The summed E-state index contributed by atoms with van der Waals surface area (Å²) in [5.74, 6) is 8.88. The quantitative estimate of drug-likeness (QED) is 0.123. The first-order valence-corrected chi connectivity index (χ1v) is 25.0. The number of rotatable bonds is 11. The van der Waals surface area contributed by atoms with Crippen LogP contribution in [-0.4, -0.2) is 46.7 Å². The van der Waals surface area contributed by atoms with E-state index in [1.54, 1.807) is 0 Å². The summed E-state index contributed by atoms with van der Waals surface area (Å²) in [6.45, 7) is 23.3. The first kappa shape index (κ1) is 38.6. The average molecular weight is 685 g/mol. The van der Waals surface area contributed by atoms with Gasteiger partial charge in [-0.1, -0.05) is 85.1 Å². The van der Waals surface area contributed by atoms with Crippen LogP contribution in [0, 0.1) is 35.5 Å². The van der Waals surface area contributed by atoms with Crippen LogP contribution < -0.4 is 0 Å². The number of fused-ring (bicyclic) bond motifs is 1. The molecular weight excluding hydrogens is 617 g/mol. The van der Waals surface area contributed by atoms with Gasteiger partial charge in [0.05, 0.1) is 6.10 Å². The molecule has 4 aliphatic rings. The minimum Gasteiger partial charge on any atom is -0.462 e. The first-order valence-electron chi connectivity index (χ1n) is 19.2. The monoisotopic (exact) mass is 684 g/mol. The molecule has 0 aromatic rings. The molecule has 4 aliphatic carbocycles. The van der Waals surface area contributed by atoms with E-state index in [0.29, 0.717) is 37.0 Å². The van der Waals surface area contributed by atoms with Crippen LogP contribution in [0.25, 0.3) is 0 Å². The summed E-state index contributed by atoms with van der Waals surface area (Å²) >= 11 is 0. The van der Waals surface area contributed by atoms with Gasteiger partial charge in [0.1, 0.15) is 12.2 Å². The maximum atomic E-state index is 13.4. The predicted octanol–water partition coefficient (Wildman–Crippen LogP) is 10.5. The molecule has 266 valence electrons. The highest BCUT2D eigenvalue weighted by atomic mass is 28.4. The van der Waals surface area contributed by atoms with Crippen molar-refractivity contribution < 1.29 is 23.2 Å². The van der Waals surface area contributed by atoms with Gasteiger partial charge in [0.15, 0.2) is 22.4 Å². The van der Waals surface area contributed by atoms with Crippen LogP contribution in [0.1, 0.15) is 138 Å². The lowest BCUT2D eigenvalue weighted by atomic mass is 9.84. The van der Waals surface area contributed by atoms with Crippen molar-refractivity contribution in [1.82, 2.24) is 0 Å². The first-order chi connectivity index (χ1) is 21.9. The van der Waals surface area contributed by atoms with E-state index in [2.05, 4.69) is 85.6 Å². The summed E-state index contributed by atoms with van der Waals surface area (Å²) in [5.41, 5.74) is 0.944. The van der Waals surface area contributed by atoms with Gasteiger partial charge in [0, 0.05) is 18.8 Å². The van der Waals surface area contributed by atoms with Gasteiger partial charge in [0.2, 0.25) is 0 Å². The van der Waals surface area contributed by atoms with E-state index in [0.717, 1.165) is 44.1 Å². The van der Waals surface area contributed by atoms with E-state index in [-0.39, 0.29) is 46.1 Å². The molecule has 2 unspecified atom stereocenters. The minimum atomic E-state index is -2.02. The largest absolute Gasteiger partial charge is 0.462 e. The van der Waals surface area contributed by atoms with Crippen LogP contribution in [-0.2, 0) is 23.2 Å². The number of Topliss-reactive ketones (excluding diaryl/α,β-unsaturated/α-hetero) is 1. The molecule has 0 radical (unpaired) electrons. The Hall–Kier alpha value is -1.21. The highest BCUT2D eigenvalue weighted by Gasteiger charge is 2.50. The molecule has 0 heterocycles.